The maximum atomic E-state index is 5.67. The summed E-state index contributed by atoms with van der Waals surface area (Å²) in [7, 11) is 2.33. The molecule has 2 bridgehead atoms. The van der Waals surface area contributed by atoms with Gasteiger partial charge in [-0.15, -0.1) is 0 Å². The molecule has 0 amide bonds. The van der Waals surface area contributed by atoms with Crippen LogP contribution < -0.4 is 5.32 Å². The smallest absolute Gasteiger partial charge is 0.0700 e. The first-order chi connectivity index (χ1) is 9.74. The fourth-order valence-corrected chi connectivity index (χ4v) is 4.12. The molecule has 0 radical (unpaired) electrons. The van der Waals surface area contributed by atoms with Crippen molar-refractivity contribution in [1.29, 1.82) is 0 Å². The Morgan fingerprint density at radius 2 is 2.05 bits per heavy atom. The second-order valence-corrected chi connectivity index (χ2v) is 6.98. The van der Waals surface area contributed by atoms with Crippen LogP contribution in [0, 0.1) is 0 Å². The number of fused-ring (bicyclic) bond motifs is 2. The number of hydrogen-bond acceptors (Lipinski definition) is 4. The van der Waals surface area contributed by atoms with Crippen molar-refractivity contribution in [2.75, 3.05) is 39.8 Å². The Kier molecular flexibility index (Phi) is 4.97. The van der Waals surface area contributed by atoms with E-state index in [4.69, 9.17) is 4.74 Å². The van der Waals surface area contributed by atoms with Crippen LogP contribution in [0.1, 0.15) is 39.0 Å². The van der Waals surface area contributed by atoms with E-state index >= 15 is 0 Å². The topological polar surface area (TPSA) is 27.7 Å². The van der Waals surface area contributed by atoms with Gasteiger partial charge in [-0.25, -0.2) is 0 Å². The first-order valence-electron chi connectivity index (χ1n) is 8.52. The van der Waals surface area contributed by atoms with E-state index < -0.39 is 0 Å². The molecule has 0 aromatic heterocycles. The van der Waals surface area contributed by atoms with E-state index in [1.807, 2.05) is 0 Å². The van der Waals surface area contributed by atoms with Crippen molar-refractivity contribution in [3.05, 3.63) is 0 Å². The Bertz CT molecular complexity index is 306. The molecular weight excluding hydrogens is 250 g/mol. The number of nitrogens with zero attached hydrogens (tertiary/aromatic N) is 2. The lowest BCUT2D eigenvalue weighted by atomic mass is 10.1. The Morgan fingerprint density at radius 3 is 2.85 bits per heavy atom. The summed E-state index contributed by atoms with van der Waals surface area (Å²) >= 11 is 0. The number of likely N-dealkylation sites (N-methyl/N-ethyl adjacent to an activating group) is 1. The molecule has 4 unspecified atom stereocenters. The van der Waals surface area contributed by atoms with Crippen molar-refractivity contribution in [2.45, 2.75) is 63.3 Å². The summed E-state index contributed by atoms with van der Waals surface area (Å²) in [6.07, 6.45) is 7.11. The van der Waals surface area contributed by atoms with Gasteiger partial charge in [-0.05, 0) is 46.1 Å². The van der Waals surface area contributed by atoms with Gasteiger partial charge in [0, 0.05) is 50.9 Å². The van der Waals surface area contributed by atoms with Crippen molar-refractivity contribution < 1.29 is 4.74 Å². The number of likely N-dealkylation sites (tertiary alicyclic amines) is 1. The van der Waals surface area contributed by atoms with Gasteiger partial charge in [0.25, 0.3) is 0 Å². The Morgan fingerprint density at radius 1 is 1.20 bits per heavy atom. The van der Waals surface area contributed by atoms with Gasteiger partial charge in [-0.3, -0.25) is 9.80 Å². The zero-order chi connectivity index (χ0) is 13.9. The van der Waals surface area contributed by atoms with Crippen LogP contribution in [0.4, 0.5) is 0 Å². The Balaban J connectivity index is 1.41. The van der Waals surface area contributed by atoms with Crippen molar-refractivity contribution in [3.8, 4) is 0 Å². The van der Waals surface area contributed by atoms with Crippen molar-refractivity contribution in [1.82, 2.24) is 15.1 Å². The summed E-state index contributed by atoms with van der Waals surface area (Å²) in [5, 5.41) is 3.62. The minimum Gasteiger partial charge on any atom is -0.377 e. The molecule has 0 aromatic rings. The zero-order valence-electron chi connectivity index (χ0n) is 13.2. The molecule has 0 saturated carbocycles. The van der Waals surface area contributed by atoms with Crippen LogP contribution in [0.15, 0.2) is 0 Å². The minimum absolute atomic E-state index is 0.466. The fourth-order valence-electron chi connectivity index (χ4n) is 4.12. The van der Waals surface area contributed by atoms with Crippen LogP contribution in [0.2, 0.25) is 0 Å². The number of hydrogen-bond donors (Lipinski definition) is 1. The molecule has 3 heterocycles. The molecule has 20 heavy (non-hydrogen) atoms. The first kappa shape index (κ1) is 14.8. The van der Waals surface area contributed by atoms with Gasteiger partial charge in [0.1, 0.15) is 0 Å². The van der Waals surface area contributed by atoms with E-state index in [0.29, 0.717) is 12.1 Å². The maximum absolute atomic E-state index is 5.67. The third-order valence-electron chi connectivity index (χ3n) is 5.64. The lowest BCUT2D eigenvalue weighted by Crippen LogP contribution is -2.45. The van der Waals surface area contributed by atoms with Crippen molar-refractivity contribution in [2.24, 2.45) is 0 Å². The zero-order valence-corrected chi connectivity index (χ0v) is 13.2. The molecule has 3 aliphatic rings. The van der Waals surface area contributed by atoms with E-state index in [-0.39, 0.29) is 0 Å². The summed E-state index contributed by atoms with van der Waals surface area (Å²) in [6.45, 7) is 8.00. The van der Waals surface area contributed by atoms with Crippen molar-refractivity contribution in [3.63, 3.8) is 0 Å². The van der Waals surface area contributed by atoms with Crippen molar-refractivity contribution >= 4 is 0 Å². The van der Waals surface area contributed by atoms with Crippen LogP contribution in [-0.4, -0.2) is 73.9 Å². The van der Waals surface area contributed by atoms with Crippen LogP contribution in [0.3, 0.4) is 0 Å². The standard InChI is InChI=1S/C16H31N3O/c1-13(10-17-11-16-4-3-9-20-16)19-8-7-14-5-6-15(12-19)18(14)2/h13-17H,3-12H2,1-2H3. The molecule has 4 nitrogen and oxygen atoms in total. The normalized spacial score (nSPS) is 37.2. The second-order valence-electron chi connectivity index (χ2n) is 6.98. The summed E-state index contributed by atoms with van der Waals surface area (Å²) in [6, 6.07) is 2.28. The van der Waals surface area contributed by atoms with Gasteiger partial charge in [0.05, 0.1) is 6.10 Å². The molecule has 4 heteroatoms. The Hall–Kier alpha value is -0.160. The highest BCUT2D eigenvalue weighted by atomic mass is 16.5. The average molecular weight is 281 g/mol. The van der Waals surface area contributed by atoms with Crippen LogP contribution >= 0.6 is 0 Å². The highest BCUT2D eigenvalue weighted by molar-refractivity contribution is 4.92. The van der Waals surface area contributed by atoms with Gasteiger partial charge in [0.2, 0.25) is 0 Å². The molecule has 3 aliphatic heterocycles. The van der Waals surface area contributed by atoms with Crippen LogP contribution in [0.25, 0.3) is 0 Å². The van der Waals surface area contributed by atoms with Gasteiger partial charge in [-0.2, -0.15) is 0 Å². The summed E-state index contributed by atoms with van der Waals surface area (Å²) in [5.41, 5.74) is 0. The predicted molar refractivity (Wildman–Crippen MR) is 82.1 cm³/mol. The molecular formula is C16H31N3O. The molecule has 1 N–H and O–H groups in total. The molecule has 0 spiro atoms. The molecule has 3 fully saturated rings. The maximum Gasteiger partial charge on any atom is 0.0700 e. The van der Waals surface area contributed by atoms with Crippen LogP contribution in [0.5, 0.6) is 0 Å². The second kappa shape index (κ2) is 6.73. The summed E-state index contributed by atoms with van der Waals surface area (Å²) < 4.78 is 5.67. The fraction of sp³-hybridized carbons (Fsp3) is 1.00. The monoisotopic (exact) mass is 281 g/mol. The van der Waals surface area contributed by atoms with Gasteiger partial charge in [0.15, 0.2) is 0 Å². The minimum atomic E-state index is 0.466. The van der Waals surface area contributed by atoms with Gasteiger partial charge in [-0.1, -0.05) is 0 Å². The molecule has 116 valence electrons. The number of rotatable bonds is 5. The van der Waals surface area contributed by atoms with E-state index in [1.54, 1.807) is 0 Å². The highest BCUT2D eigenvalue weighted by Gasteiger charge is 2.35. The van der Waals surface area contributed by atoms with E-state index in [0.717, 1.165) is 31.8 Å². The number of ether oxygens (including phenoxy) is 1. The summed E-state index contributed by atoms with van der Waals surface area (Å²) in [5.74, 6) is 0. The SMILES string of the molecule is CC(CNCC1CCCO1)N1CCC2CCC(C1)N2C. The van der Waals surface area contributed by atoms with E-state index in [2.05, 4.69) is 29.1 Å². The predicted octanol–water partition coefficient (Wildman–Crippen LogP) is 1.31. The molecule has 3 rings (SSSR count). The van der Waals surface area contributed by atoms with Gasteiger partial charge < -0.3 is 10.1 Å². The third-order valence-corrected chi connectivity index (χ3v) is 5.64. The molecule has 3 saturated heterocycles. The Labute approximate surface area is 123 Å². The van der Waals surface area contributed by atoms with E-state index in [1.165, 1.54) is 45.2 Å². The first-order valence-corrected chi connectivity index (χ1v) is 8.52. The molecule has 4 atom stereocenters. The average Bonchev–Trinajstić information content (AvgIpc) is 2.99. The lowest BCUT2D eigenvalue weighted by Gasteiger charge is -2.31. The van der Waals surface area contributed by atoms with E-state index in [9.17, 15) is 0 Å². The lowest BCUT2D eigenvalue weighted by molar-refractivity contribution is 0.106. The summed E-state index contributed by atoms with van der Waals surface area (Å²) in [4.78, 5) is 5.33. The van der Waals surface area contributed by atoms with Gasteiger partial charge >= 0.3 is 0 Å². The number of nitrogens with one attached hydrogen (secondary N) is 1. The highest BCUT2D eigenvalue weighted by Crippen LogP contribution is 2.29. The molecule has 0 aliphatic carbocycles. The van der Waals surface area contributed by atoms with Crippen LogP contribution in [-0.2, 0) is 4.74 Å². The molecule has 0 aromatic carbocycles. The quantitative estimate of drug-likeness (QED) is 0.822. The largest absolute Gasteiger partial charge is 0.377 e. The third kappa shape index (κ3) is 3.35.